The number of hydrogen-bond acceptors (Lipinski definition) is 8. The van der Waals surface area contributed by atoms with Crippen LogP contribution >= 0.6 is 0 Å². The zero-order valence-corrected chi connectivity index (χ0v) is 16.8. The molecule has 10 heteroatoms. The van der Waals surface area contributed by atoms with Crippen LogP contribution in [0.25, 0.3) is 11.2 Å². The molecule has 2 aromatic heterocycles. The molecule has 0 bridgehead atoms. The Morgan fingerprint density at radius 1 is 1.20 bits per heavy atom. The monoisotopic (exact) mass is 410 g/mol. The SMILES string of the molecule is C[C@H](CCCCN)NC(=O)c1ccc(NCc2cnc3nc(N)[nH]c(=O)c3n2)cc1. The van der Waals surface area contributed by atoms with Crippen LogP contribution < -0.4 is 27.7 Å². The summed E-state index contributed by atoms with van der Waals surface area (Å²) in [6.07, 6.45) is 4.39. The number of benzene rings is 1. The van der Waals surface area contributed by atoms with Crippen LogP contribution in [0.15, 0.2) is 35.3 Å². The lowest BCUT2D eigenvalue weighted by Crippen LogP contribution is -2.32. The van der Waals surface area contributed by atoms with E-state index >= 15 is 0 Å². The molecule has 1 aromatic carbocycles. The zero-order valence-electron chi connectivity index (χ0n) is 16.8. The van der Waals surface area contributed by atoms with Crippen molar-refractivity contribution in [3.8, 4) is 0 Å². The summed E-state index contributed by atoms with van der Waals surface area (Å²) >= 11 is 0. The molecule has 0 saturated carbocycles. The summed E-state index contributed by atoms with van der Waals surface area (Å²) in [5, 5.41) is 6.19. The van der Waals surface area contributed by atoms with Gasteiger partial charge in [0.1, 0.15) is 0 Å². The molecule has 1 amide bonds. The highest BCUT2D eigenvalue weighted by atomic mass is 16.1. The third-order valence-electron chi connectivity index (χ3n) is 4.58. The van der Waals surface area contributed by atoms with Crippen molar-refractivity contribution in [1.82, 2.24) is 25.3 Å². The van der Waals surface area contributed by atoms with E-state index in [9.17, 15) is 9.59 Å². The van der Waals surface area contributed by atoms with Crippen LogP contribution in [0.1, 0.15) is 42.2 Å². The number of nitrogens with two attached hydrogens (primary N) is 2. The lowest BCUT2D eigenvalue weighted by Gasteiger charge is -2.14. The molecular weight excluding hydrogens is 384 g/mol. The number of aromatic amines is 1. The van der Waals surface area contributed by atoms with E-state index in [-0.39, 0.29) is 29.1 Å². The molecule has 0 aliphatic heterocycles. The average Bonchev–Trinajstić information content (AvgIpc) is 2.73. The van der Waals surface area contributed by atoms with Gasteiger partial charge >= 0.3 is 0 Å². The topological polar surface area (TPSA) is 165 Å². The smallest absolute Gasteiger partial charge is 0.280 e. The number of rotatable bonds is 9. The van der Waals surface area contributed by atoms with Gasteiger partial charge in [0.05, 0.1) is 18.4 Å². The fourth-order valence-corrected chi connectivity index (χ4v) is 2.96. The van der Waals surface area contributed by atoms with Gasteiger partial charge in [0.2, 0.25) is 5.95 Å². The molecule has 0 saturated heterocycles. The molecule has 0 spiro atoms. The predicted molar refractivity (Wildman–Crippen MR) is 116 cm³/mol. The number of carbonyl (C=O) groups is 1. The molecule has 0 unspecified atom stereocenters. The molecule has 3 rings (SSSR count). The van der Waals surface area contributed by atoms with E-state index in [0.717, 1.165) is 24.9 Å². The molecule has 30 heavy (non-hydrogen) atoms. The molecule has 0 radical (unpaired) electrons. The van der Waals surface area contributed by atoms with E-state index < -0.39 is 5.56 Å². The lowest BCUT2D eigenvalue weighted by atomic mass is 10.1. The molecule has 0 aliphatic rings. The summed E-state index contributed by atoms with van der Waals surface area (Å²) in [5.41, 5.74) is 12.9. The van der Waals surface area contributed by atoms with E-state index in [1.807, 2.05) is 19.1 Å². The number of nitrogens with one attached hydrogen (secondary N) is 3. The highest BCUT2D eigenvalue weighted by Crippen LogP contribution is 2.12. The van der Waals surface area contributed by atoms with Crippen molar-refractivity contribution >= 4 is 28.7 Å². The number of carbonyl (C=O) groups excluding carboxylic acids is 1. The average molecular weight is 410 g/mol. The Morgan fingerprint density at radius 3 is 2.70 bits per heavy atom. The minimum Gasteiger partial charge on any atom is -0.379 e. The van der Waals surface area contributed by atoms with Gasteiger partial charge < -0.3 is 22.1 Å². The van der Waals surface area contributed by atoms with Crippen LogP contribution in [0.3, 0.4) is 0 Å². The van der Waals surface area contributed by atoms with Gasteiger partial charge in [-0.1, -0.05) is 6.42 Å². The second-order valence-corrected chi connectivity index (χ2v) is 7.07. The van der Waals surface area contributed by atoms with Gasteiger partial charge in [-0.05, 0) is 50.6 Å². The number of anilines is 2. The minimum atomic E-state index is -0.431. The van der Waals surface area contributed by atoms with E-state index in [1.54, 1.807) is 12.1 Å². The first kappa shape index (κ1) is 21.2. The van der Waals surface area contributed by atoms with Gasteiger partial charge in [-0.25, -0.2) is 9.97 Å². The minimum absolute atomic E-state index is 0.00162. The largest absolute Gasteiger partial charge is 0.379 e. The van der Waals surface area contributed by atoms with Crippen molar-refractivity contribution < 1.29 is 4.79 Å². The molecule has 1 atom stereocenters. The van der Waals surface area contributed by atoms with Crippen molar-refractivity contribution in [2.75, 3.05) is 17.6 Å². The third-order valence-corrected chi connectivity index (χ3v) is 4.58. The Bertz CT molecular complexity index is 1060. The van der Waals surface area contributed by atoms with Crippen LogP contribution in [0.5, 0.6) is 0 Å². The Morgan fingerprint density at radius 2 is 1.97 bits per heavy atom. The highest BCUT2D eigenvalue weighted by Gasteiger charge is 2.10. The second kappa shape index (κ2) is 9.79. The van der Waals surface area contributed by atoms with Crippen molar-refractivity contribution in [3.05, 3.63) is 52.1 Å². The Labute approximate surface area is 173 Å². The maximum atomic E-state index is 12.3. The molecule has 158 valence electrons. The van der Waals surface area contributed by atoms with Gasteiger partial charge in [0.15, 0.2) is 11.2 Å². The summed E-state index contributed by atoms with van der Waals surface area (Å²) in [6, 6.07) is 7.25. The van der Waals surface area contributed by atoms with E-state index in [1.165, 1.54) is 6.20 Å². The van der Waals surface area contributed by atoms with Crippen molar-refractivity contribution in [2.45, 2.75) is 38.8 Å². The number of unbranched alkanes of at least 4 members (excludes halogenated alkanes) is 1. The normalized spacial score (nSPS) is 11.9. The lowest BCUT2D eigenvalue weighted by molar-refractivity contribution is 0.0938. The second-order valence-electron chi connectivity index (χ2n) is 7.07. The number of nitrogen functional groups attached to an aromatic ring is 1. The molecule has 7 N–H and O–H groups in total. The molecular formula is C20H26N8O2. The van der Waals surface area contributed by atoms with Crippen molar-refractivity contribution in [2.24, 2.45) is 5.73 Å². The number of H-pyrrole nitrogens is 1. The number of hydrogen-bond donors (Lipinski definition) is 5. The van der Waals surface area contributed by atoms with Gasteiger partial charge in [0.25, 0.3) is 11.5 Å². The third kappa shape index (κ3) is 5.51. The maximum absolute atomic E-state index is 12.3. The standard InChI is InChI=1S/C20H26N8O2/c1-12(4-2-3-9-21)25-18(29)13-5-7-14(8-6-13)23-10-15-11-24-17-16(26-15)19(30)28-20(22)27-17/h5-8,11-12,23H,2-4,9-10,21H2,1H3,(H,25,29)(H3,22,24,27,28,30)/t12-/m1/s1. The van der Waals surface area contributed by atoms with Gasteiger partial charge in [-0.2, -0.15) is 4.98 Å². The number of nitrogens with zero attached hydrogens (tertiary/aromatic N) is 3. The van der Waals surface area contributed by atoms with E-state index in [0.29, 0.717) is 24.3 Å². The Balaban J connectivity index is 1.57. The van der Waals surface area contributed by atoms with Gasteiger partial charge in [-0.3, -0.25) is 14.6 Å². The molecule has 2 heterocycles. The fraction of sp³-hybridized carbons (Fsp3) is 0.350. The Hall–Kier alpha value is -3.53. The van der Waals surface area contributed by atoms with Crippen LogP contribution in [-0.4, -0.2) is 38.4 Å². The van der Waals surface area contributed by atoms with E-state index in [4.69, 9.17) is 11.5 Å². The van der Waals surface area contributed by atoms with Crippen molar-refractivity contribution in [3.63, 3.8) is 0 Å². The number of amides is 1. The van der Waals surface area contributed by atoms with Crippen LogP contribution in [0.2, 0.25) is 0 Å². The summed E-state index contributed by atoms with van der Waals surface area (Å²) in [7, 11) is 0. The first-order chi connectivity index (χ1) is 14.5. The highest BCUT2D eigenvalue weighted by molar-refractivity contribution is 5.94. The number of aromatic nitrogens is 4. The Kier molecular flexibility index (Phi) is 6.91. The summed E-state index contributed by atoms with van der Waals surface area (Å²) in [4.78, 5) is 39.0. The summed E-state index contributed by atoms with van der Waals surface area (Å²) in [6.45, 7) is 3.02. The fourth-order valence-electron chi connectivity index (χ4n) is 2.96. The summed E-state index contributed by atoms with van der Waals surface area (Å²) in [5.74, 6) is -0.102. The number of fused-ring (bicyclic) bond motifs is 1. The predicted octanol–water partition coefficient (Wildman–Crippen LogP) is 1.15. The summed E-state index contributed by atoms with van der Waals surface area (Å²) < 4.78 is 0. The van der Waals surface area contributed by atoms with Crippen molar-refractivity contribution in [1.29, 1.82) is 0 Å². The molecule has 0 fully saturated rings. The van der Waals surface area contributed by atoms with E-state index in [2.05, 4.69) is 30.6 Å². The van der Waals surface area contributed by atoms with Gasteiger partial charge in [-0.15, -0.1) is 0 Å². The van der Waals surface area contributed by atoms with Crippen LogP contribution in [0, 0.1) is 0 Å². The maximum Gasteiger partial charge on any atom is 0.280 e. The van der Waals surface area contributed by atoms with Crippen LogP contribution in [0.4, 0.5) is 11.6 Å². The molecule has 10 nitrogen and oxygen atoms in total. The first-order valence-corrected chi connectivity index (χ1v) is 9.82. The first-order valence-electron chi connectivity index (χ1n) is 9.82. The van der Waals surface area contributed by atoms with Crippen LogP contribution in [-0.2, 0) is 6.54 Å². The molecule has 3 aromatic rings. The quantitative estimate of drug-likeness (QED) is 0.328. The zero-order chi connectivity index (χ0) is 21.5. The molecule has 0 aliphatic carbocycles. The van der Waals surface area contributed by atoms with Gasteiger partial charge in [0, 0.05) is 17.3 Å².